The lowest BCUT2D eigenvalue weighted by atomic mass is 10.1. The lowest BCUT2D eigenvalue weighted by molar-refractivity contribution is 0.284. The Morgan fingerprint density at radius 1 is 1.24 bits per heavy atom. The fourth-order valence-electron chi connectivity index (χ4n) is 1.83. The summed E-state index contributed by atoms with van der Waals surface area (Å²) in [5.41, 5.74) is 6.81. The van der Waals surface area contributed by atoms with Crippen molar-refractivity contribution in [1.82, 2.24) is 0 Å². The van der Waals surface area contributed by atoms with Crippen LogP contribution in [0.2, 0.25) is 10.0 Å². The molecule has 2 rings (SSSR count). The van der Waals surface area contributed by atoms with E-state index in [4.69, 9.17) is 43.8 Å². The first-order valence-corrected chi connectivity index (χ1v) is 6.86. The second-order valence-electron chi connectivity index (χ2n) is 4.28. The largest absolute Gasteiger partial charge is 0.493 e. The molecule has 0 unspecified atom stereocenters. The van der Waals surface area contributed by atoms with E-state index in [0.717, 1.165) is 5.56 Å². The average Bonchev–Trinajstić information content (AvgIpc) is 2.45. The van der Waals surface area contributed by atoms with Crippen molar-refractivity contribution >= 4 is 29.0 Å². The minimum absolute atomic E-state index is 0.0916. The number of nitrogens with two attached hydrogens (primary N) is 1. The Balaban J connectivity index is 2.28. The molecule has 6 heteroatoms. The molecule has 0 aromatic heterocycles. The number of amidine groups is 1. The monoisotopic (exact) mass is 324 g/mol. The van der Waals surface area contributed by atoms with E-state index in [2.05, 4.69) is 0 Å². The number of hydrogen-bond acceptors (Lipinski definition) is 3. The van der Waals surface area contributed by atoms with Crippen molar-refractivity contribution in [2.75, 3.05) is 7.11 Å². The van der Waals surface area contributed by atoms with Crippen LogP contribution in [0.1, 0.15) is 11.1 Å². The van der Waals surface area contributed by atoms with Gasteiger partial charge in [0.1, 0.15) is 12.4 Å². The Morgan fingerprint density at radius 2 is 2.00 bits per heavy atom. The summed E-state index contributed by atoms with van der Waals surface area (Å²) < 4.78 is 11.0. The van der Waals surface area contributed by atoms with Crippen molar-refractivity contribution in [3.05, 3.63) is 57.6 Å². The topological polar surface area (TPSA) is 68.3 Å². The van der Waals surface area contributed by atoms with Gasteiger partial charge >= 0.3 is 0 Å². The molecule has 0 aliphatic rings. The maximum absolute atomic E-state index is 7.60. The van der Waals surface area contributed by atoms with Crippen molar-refractivity contribution in [3.8, 4) is 11.5 Å². The Kier molecular flexibility index (Phi) is 4.94. The van der Waals surface area contributed by atoms with Crippen molar-refractivity contribution in [1.29, 1.82) is 5.41 Å². The van der Waals surface area contributed by atoms with Gasteiger partial charge in [0.15, 0.2) is 11.5 Å². The highest BCUT2D eigenvalue weighted by Crippen LogP contribution is 2.32. The fourth-order valence-corrected chi connectivity index (χ4v) is 2.29. The average molecular weight is 325 g/mol. The molecule has 3 N–H and O–H groups in total. The Labute approximate surface area is 132 Å². The van der Waals surface area contributed by atoms with Gasteiger partial charge in [-0.2, -0.15) is 0 Å². The molecule has 0 fully saturated rings. The number of ether oxygens (including phenoxy) is 2. The third-order valence-electron chi connectivity index (χ3n) is 2.88. The first kappa shape index (κ1) is 15.5. The Hall–Kier alpha value is -1.91. The number of methoxy groups -OCH3 is 1. The molecular formula is C15H14Cl2N2O2. The van der Waals surface area contributed by atoms with Crippen LogP contribution in [-0.2, 0) is 6.61 Å². The van der Waals surface area contributed by atoms with Crippen LogP contribution in [0.3, 0.4) is 0 Å². The van der Waals surface area contributed by atoms with E-state index < -0.39 is 0 Å². The quantitative estimate of drug-likeness (QED) is 0.648. The molecule has 0 radical (unpaired) electrons. The van der Waals surface area contributed by atoms with Crippen LogP contribution in [0.25, 0.3) is 0 Å². The summed E-state index contributed by atoms with van der Waals surface area (Å²) in [6, 6.07) is 10.4. The molecule has 0 bridgehead atoms. The number of halogens is 2. The van der Waals surface area contributed by atoms with Gasteiger partial charge in [0.25, 0.3) is 0 Å². The van der Waals surface area contributed by atoms with Crippen LogP contribution in [0.15, 0.2) is 36.4 Å². The number of para-hydroxylation sites is 1. The molecule has 0 spiro atoms. The van der Waals surface area contributed by atoms with Gasteiger partial charge in [-0.05, 0) is 24.3 Å². The van der Waals surface area contributed by atoms with E-state index in [9.17, 15) is 0 Å². The molecule has 21 heavy (non-hydrogen) atoms. The van der Waals surface area contributed by atoms with E-state index >= 15 is 0 Å². The molecule has 0 aliphatic heterocycles. The molecular weight excluding hydrogens is 311 g/mol. The lowest BCUT2D eigenvalue weighted by Crippen LogP contribution is -2.13. The molecule has 2 aromatic rings. The molecule has 2 aromatic carbocycles. The van der Waals surface area contributed by atoms with E-state index in [1.807, 2.05) is 0 Å². The predicted molar refractivity (Wildman–Crippen MR) is 84.8 cm³/mol. The van der Waals surface area contributed by atoms with Gasteiger partial charge in [-0.3, -0.25) is 5.41 Å². The Morgan fingerprint density at radius 3 is 2.62 bits per heavy atom. The number of benzene rings is 2. The molecule has 0 saturated heterocycles. The molecule has 0 heterocycles. The molecule has 0 aliphatic carbocycles. The van der Waals surface area contributed by atoms with Crippen molar-refractivity contribution in [2.45, 2.75) is 6.61 Å². The summed E-state index contributed by atoms with van der Waals surface area (Å²) in [6.45, 7) is 0.219. The highest BCUT2D eigenvalue weighted by molar-refractivity contribution is 6.35. The van der Waals surface area contributed by atoms with E-state index in [0.29, 0.717) is 27.1 Å². The zero-order valence-electron chi connectivity index (χ0n) is 11.3. The van der Waals surface area contributed by atoms with Crippen molar-refractivity contribution < 1.29 is 9.47 Å². The minimum Gasteiger partial charge on any atom is -0.493 e. The summed E-state index contributed by atoms with van der Waals surface area (Å²) in [5.74, 6) is 0.831. The van der Waals surface area contributed by atoms with Gasteiger partial charge in [0.2, 0.25) is 0 Å². The molecule has 110 valence electrons. The molecule has 0 amide bonds. The first-order chi connectivity index (χ1) is 10.0. The van der Waals surface area contributed by atoms with Crippen LogP contribution in [0.5, 0.6) is 11.5 Å². The summed E-state index contributed by atoms with van der Waals surface area (Å²) in [6.07, 6.45) is 0. The second-order valence-corrected chi connectivity index (χ2v) is 5.12. The van der Waals surface area contributed by atoms with Gasteiger partial charge in [0.05, 0.1) is 12.7 Å². The van der Waals surface area contributed by atoms with Crippen molar-refractivity contribution in [3.63, 3.8) is 0 Å². The van der Waals surface area contributed by atoms with Gasteiger partial charge < -0.3 is 15.2 Å². The third kappa shape index (κ3) is 3.60. The Bertz CT molecular complexity index is 675. The summed E-state index contributed by atoms with van der Waals surface area (Å²) in [7, 11) is 1.53. The zero-order chi connectivity index (χ0) is 15.4. The SMILES string of the molecule is COc1cccc(C(=N)N)c1OCc1ccc(Cl)cc1Cl. The zero-order valence-corrected chi connectivity index (χ0v) is 12.8. The standard InChI is InChI=1S/C15H14Cl2N2O2/c1-20-13-4-2-3-11(15(18)19)14(13)21-8-9-5-6-10(16)7-12(9)17/h2-7H,8H2,1H3,(H3,18,19). The van der Waals surface area contributed by atoms with Crippen LogP contribution in [0, 0.1) is 5.41 Å². The van der Waals surface area contributed by atoms with E-state index in [-0.39, 0.29) is 12.4 Å². The van der Waals surface area contributed by atoms with Crippen LogP contribution >= 0.6 is 23.2 Å². The van der Waals surface area contributed by atoms with Gasteiger partial charge in [-0.1, -0.05) is 35.3 Å². The summed E-state index contributed by atoms with van der Waals surface area (Å²) >= 11 is 12.0. The second kappa shape index (κ2) is 6.70. The normalized spacial score (nSPS) is 10.2. The smallest absolute Gasteiger partial charge is 0.172 e. The van der Waals surface area contributed by atoms with Crippen LogP contribution in [0.4, 0.5) is 0 Å². The molecule has 0 saturated carbocycles. The van der Waals surface area contributed by atoms with E-state index in [1.54, 1.807) is 36.4 Å². The molecule has 0 atom stereocenters. The fraction of sp³-hybridized carbons (Fsp3) is 0.133. The predicted octanol–water partition coefficient (Wildman–Crippen LogP) is 3.87. The number of rotatable bonds is 5. The van der Waals surface area contributed by atoms with E-state index in [1.165, 1.54) is 7.11 Å². The summed E-state index contributed by atoms with van der Waals surface area (Å²) in [5, 5.41) is 8.68. The highest BCUT2D eigenvalue weighted by Gasteiger charge is 2.13. The highest BCUT2D eigenvalue weighted by atomic mass is 35.5. The van der Waals surface area contributed by atoms with Gasteiger partial charge in [0, 0.05) is 15.6 Å². The van der Waals surface area contributed by atoms with Crippen LogP contribution < -0.4 is 15.2 Å². The van der Waals surface area contributed by atoms with Gasteiger partial charge in [-0.15, -0.1) is 0 Å². The van der Waals surface area contributed by atoms with Gasteiger partial charge in [-0.25, -0.2) is 0 Å². The maximum atomic E-state index is 7.60. The maximum Gasteiger partial charge on any atom is 0.172 e. The molecule has 4 nitrogen and oxygen atoms in total. The van der Waals surface area contributed by atoms with Crippen LogP contribution in [-0.4, -0.2) is 12.9 Å². The number of nitrogen functional groups attached to an aromatic ring is 1. The first-order valence-electron chi connectivity index (χ1n) is 6.11. The number of hydrogen-bond donors (Lipinski definition) is 2. The van der Waals surface area contributed by atoms with Crippen molar-refractivity contribution in [2.24, 2.45) is 5.73 Å². The number of nitrogens with one attached hydrogen (secondary N) is 1. The minimum atomic E-state index is -0.0916. The third-order valence-corrected chi connectivity index (χ3v) is 3.46. The lowest BCUT2D eigenvalue weighted by Gasteiger charge is -2.15. The summed E-state index contributed by atoms with van der Waals surface area (Å²) in [4.78, 5) is 0.